The van der Waals surface area contributed by atoms with E-state index in [1.807, 2.05) is 0 Å². The molecule has 2 aliphatic carbocycles. The fraction of sp³-hybridized carbons (Fsp3) is 0.692. The predicted octanol–water partition coefficient (Wildman–Crippen LogP) is 4.23. The molecule has 1 atom stereocenters. The molecule has 2 rings (SSSR count). The van der Waals surface area contributed by atoms with E-state index in [2.05, 4.69) is 19.6 Å². The van der Waals surface area contributed by atoms with Crippen LogP contribution in [0.25, 0.3) is 0 Å². The summed E-state index contributed by atoms with van der Waals surface area (Å²) in [5, 5.41) is 0. The van der Waals surface area contributed by atoms with Crippen LogP contribution in [0.1, 0.15) is 51.9 Å². The summed E-state index contributed by atoms with van der Waals surface area (Å²) in [6, 6.07) is 0. The highest BCUT2D eigenvalue weighted by atomic mass is 14.4. The maximum absolute atomic E-state index is 4.29. The van der Waals surface area contributed by atoms with Gasteiger partial charge < -0.3 is 0 Å². The van der Waals surface area contributed by atoms with Crippen LogP contribution in [-0.2, 0) is 0 Å². The summed E-state index contributed by atoms with van der Waals surface area (Å²) in [4.78, 5) is 0. The maximum atomic E-state index is 4.29. The van der Waals surface area contributed by atoms with Crippen molar-refractivity contribution in [2.75, 3.05) is 0 Å². The fourth-order valence-corrected chi connectivity index (χ4v) is 2.80. The monoisotopic (exact) mass is 176 g/mol. The number of rotatable bonds is 0. The van der Waals surface area contributed by atoms with Crippen molar-refractivity contribution in [3.05, 3.63) is 23.8 Å². The van der Waals surface area contributed by atoms with E-state index in [0.717, 1.165) is 0 Å². The highest BCUT2D eigenvalue weighted by Crippen LogP contribution is 2.49. The summed E-state index contributed by atoms with van der Waals surface area (Å²) in [6.45, 7) is 6.55. The van der Waals surface area contributed by atoms with Crippen molar-refractivity contribution >= 4 is 0 Å². The molecule has 2 aliphatic rings. The summed E-state index contributed by atoms with van der Waals surface area (Å²) in [7, 11) is 0. The number of allylic oxidation sites excluding steroid dienone is 3. The second-order valence-electron chi connectivity index (χ2n) is 4.85. The highest BCUT2D eigenvalue weighted by molar-refractivity contribution is 5.20. The zero-order chi connectivity index (χ0) is 9.31. The van der Waals surface area contributed by atoms with Gasteiger partial charge in [0.15, 0.2) is 0 Å². The van der Waals surface area contributed by atoms with Crippen molar-refractivity contribution in [1.29, 1.82) is 0 Å². The summed E-state index contributed by atoms with van der Waals surface area (Å²) in [5.41, 5.74) is 3.66. The lowest BCUT2D eigenvalue weighted by Crippen LogP contribution is -2.27. The molecular formula is C13H20. The van der Waals surface area contributed by atoms with Gasteiger partial charge in [0.1, 0.15) is 0 Å². The largest absolute Gasteiger partial charge is 0.0993 e. The van der Waals surface area contributed by atoms with Crippen LogP contribution in [0.5, 0.6) is 0 Å². The molecule has 0 aromatic heterocycles. The van der Waals surface area contributed by atoms with E-state index >= 15 is 0 Å². The first kappa shape index (κ1) is 9.05. The topological polar surface area (TPSA) is 0 Å². The summed E-state index contributed by atoms with van der Waals surface area (Å²) >= 11 is 0. The van der Waals surface area contributed by atoms with Gasteiger partial charge >= 0.3 is 0 Å². The molecule has 0 N–H and O–H groups in total. The van der Waals surface area contributed by atoms with Gasteiger partial charge in [-0.2, -0.15) is 0 Å². The molecular weight excluding hydrogens is 156 g/mol. The van der Waals surface area contributed by atoms with Gasteiger partial charge in [0, 0.05) is 0 Å². The standard InChI is InChI=1S/C13H20/c1-11-6-9-13(10-7-11)8-4-3-5-12(13)2/h6H,2-5,7-10H2,1H3/t13-/m1/s1. The molecule has 0 nitrogen and oxygen atoms in total. The fourth-order valence-electron chi connectivity index (χ4n) is 2.80. The lowest BCUT2D eigenvalue weighted by atomic mass is 9.64. The van der Waals surface area contributed by atoms with Gasteiger partial charge in [0.05, 0.1) is 0 Å². The lowest BCUT2D eigenvalue weighted by Gasteiger charge is -2.41. The molecule has 1 spiro atoms. The smallest absolute Gasteiger partial charge is 0.00532 e. The first-order chi connectivity index (χ1) is 6.23. The zero-order valence-corrected chi connectivity index (χ0v) is 8.73. The second kappa shape index (κ2) is 3.32. The summed E-state index contributed by atoms with van der Waals surface area (Å²) in [6.07, 6.45) is 11.9. The quantitative estimate of drug-likeness (QED) is 0.484. The van der Waals surface area contributed by atoms with Gasteiger partial charge in [-0.3, -0.25) is 0 Å². The van der Waals surface area contributed by atoms with Crippen LogP contribution in [0.4, 0.5) is 0 Å². The van der Waals surface area contributed by atoms with Crippen molar-refractivity contribution in [2.45, 2.75) is 51.9 Å². The summed E-state index contributed by atoms with van der Waals surface area (Å²) < 4.78 is 0. The molecule has 0 unspecified atom stereocenters. The average molecular weight is 176 g/mol. The lowest BCUT2D eigenvalue weighted by molar-refractivity contribution is 0.246. The van der Waals surface area contributed by atoms with Crippen LogP contribution in [0.2, 0.25) is 0 Å². The van der Waals surface area contributed by atoms with Gasteiger partial charge in [-0.05, 0) is 50.9 Å². The highest BCUT2D eigenvalue weighted by Gasteiger charge is 2.35. The Balaban J connectivity index is 2.15. The van der Waals surface area contributed by atoms with Crippen LogP contribution >= 0.6 is 0 Å². The number of hydrogen-bond acceptors (Lipinski definition) is 0. The van der Waals surface area contributed by atoms with Gasteiger partial charge in [0.25, 0.3) is 0 Å². The molecule has 0 aromatic rings. The van der Waals surface area contributed by atoms with Gasteiger partial charge in [-0.25, -0.2) is 0 Å². The molecule has 1 fully saturated rings. The molecule has 1 saturated carbocycles. The molecule has 72 valence electrons. The molecule has 0 radical (unpaired) electrons. The van der Waals surface area contributed by atoms with E-state index in [9.17, 15) is 0 Å². The van der Waals surface area contributed by atoms with E-state index < -0.39 is 0 Å². The Hall–Kier alpha value is -0.520. The number of hydrogen-bond donors (Lipinski definition) is 0. The molecule has 0 aromatic carbocycles. The van der Waals surface area contributed by atoms with Crippen molar-refractivity contribution in [1.82, 2.24) is 0 Å². The maximum Gasteiger partial charge on any atom is -0.00532 e. The van der Waals surface area contributed by atoms with Crippen molar-refractivity contribution in [2.24, 2.45) is 5.41 Å². The molecule has 13 heavy (non-hydrogen) atoms. The Kier molecular flexibility index (Phi) is 2.31. The minimum Gasteiger partial charge on any atom is -0.0993 e. The van der Waals surface area contributed by atoms with E-state index in [0.29, 0.717) is 5.41 Å². The average Bonchev–Trinajstić information content (AvgIpc) is 2.15. The van der Waals surface area contributed by atoms with Gasteiger partial charge in [0.2, 0.25) is 0 Å². The van der Waals surface area contributed by atoms with E-state index in [4.69, 9.17) is 0 Å². The van der Waals surface area contributed by atoms with Crippen molar-refractivity contribution in [3.63, 3.8) is 0 Å². The van der Waals surface area contributed by atoms with Crippen LogP contribution in [0, 0.1) is 5.41 Å². The van der Waals surface area contributed by atoms with Crippen molar-refractivity contribution < 1.29 is 0 Å². The van der Waals surface area contributed by atoms with Crippen LogP contribution in [0.3, 0.4) is 0 Å². The Morgan fingerprint density at radius 1 is 1.23 bits per heavy atom. The van der Waals surface area contributed by atoms with Crippen LogP contribution < -0.4 is 0 Å². The molecule has 0 bridgehead atoms. The Labute approximate surface area is 81.7 Å². The van der Waals surface area contributed by atoms with Gasteiger partial charge in [-0.1, -0.05) is 30.2 Å². The third kappa shape index (κ3) is 1.59. The van der Waals surface area contributed by atoms with Crippen LogP contribution in [-0.4, -0.2) is 0 Å². The molecule has 0 heteroatoms. The second-order valence-corrected chi connectivity index (χ2v) is 4.85. The van der Waals surface area contributed by atoms with Crippen molar-refractivity contribution in [3.8, 4) is 0 Å². The molecule has 0 heterocycles. The SMILES string of the molecule is C=C1CCCC[C@]12CC=C(C)CC2. The third-order valence-corrected chi connectivity index (χ3v) is 3.97. The molecule has 0 saturated heterocycles. The first-order valence-electron chi connectivity index (χ1n) is 5.57. The van der Waals surface area contributed by atoms with E-state index in [1.54, 1.807) is 11.1 Å². The summed E-state index contributed by atoms with van der Waals surface area (Å²) in [5.74, 6) is 0. The minimum atomic E-state index is 0.526. The Bertz CT molecular complexity index is 247. The normalized spacial score (nSPS) is 34.8. The van der Waals surface area contributed by atoms with E-state index in [-0.39, 0.29) is 0 Å². The van der Waals surface area contributed by atoms with E-state index in [1.165, 1.54) is 44.9 Å². The Morgan fingerprint density at radius 3 is 2.69 bits per heavy atom. The Morgan fingerprint density at radius 2 is 2.08 bits per heavy atom. The molecule has 0 amide bonds. The third-order valence-electron chi connectivity index (χ3n) is 3.97. The molecule has 0 aliphatic heterocycles. The predicted molar refractivity (Wildman–Crippen MR) is 57.6 cm³/mol. The zero-order valence-electron chi connectivity index (χ0n) is 8.73. The van der Waals surface area contributed by atoms with Gasteiger partial charge in [-0.15, -0.1) is 0 Å². The van der Waals surface area contributed by atoms with Crippen LogP contribution in [0.15, 0.2) is 23.8 Å². The first-order valence-corrected chi connectivity index (χ1v) is 5.57. The minimum absolute atomic E-state index is 0.526.